The second-order valence-electron chi connectivity index (χ2n) is 4.39. The Hall–Kier alpha value is -0.540. The first-order chi connectivity index (χ1) is 9.20. The number of halogens is 2. The smallest absolute Gasteiger partial charge is 0.0468 e. The van der Waals surface area contributed by atoms with Crippen LogP contribution in [0.25, 0.3) is 0 Å². The number of hydrogen-bond donors (Lipinski definition) is 1. The van der Waals surface area contributed by atoms with Crippen molar-refractivity contribution in [2.24, 2.45) is 0 Å². The topological polar surface area (TPSA) is 12.0 Å². The van der Waals surface area contributed by atoms with E-state index in [1.807, 2.05) is 18.2 Å². The lowest BCUT2D eigenvalue weighted by atomic mass is 10.0. The summed E-state index contributed by atoms with van der Waals surface area (Å²) in [5.74, 6) is 0. The highest BCUT2D eigenvalue weighted by Crippen LogP contribution is 2.29. The molecule has 1 atom stereocenters. The van der Waals surface area contributed by atoms with E-state index in [9.17, 15) is 0 Å². The highest BCUT2D eigenvalue weighted by molar-refractivity contribution is 7.09. The molecule has 1 aromatic heterocycles. The molecule has 0 bridgehead atoms. The van der Waals surface area contributed by atoms with E-state index < -0.39 is 0 Å². The summed E-state index contributed by atoms with van der Waals surface area (Å²) in [4.78, 5) is 1.41. The summed E-state index contributed by atoms with van der Waals surface area (Å²) in [6, 6.07) is 10.3. The van der Waals surface area contributed by atoms with Gasteiger partial charge in [0.05, 0.1) is 0 Å². The molecule has 0 radical (unpaired) electrons. The van der Waals surface area contributed by atoms with Crippen molar-refractivity contribution in [3.63, 3.8) is 0 Å². The second kappa shape index (κ2) is 7.30. The average molecular weight is 314 g/mol. The first kappa shape index (κ1) is 14.9. The molecule has 2 rings (SSSR count). The van der Waals surface area contributed by atoms with Crippen LogP contribution in [0.2, 0.25) is 10.0 Å². The summed E-state index contributed by atoms with van der Waals surface area (Å²) in [5.41, 5.74) is 1.13. The van der Waals surface area contributed by atoms with E-state index in [0.717, 1.165) is 30.0 Å². The van der Waals surface area contributed by atoms with Crippen LogP contribution in [0.15, 0.2) is 35.7 Å². The lowest BCUT2D eigenvalue weighted by molar-refractivity contribution is 0.517. The lowest BCUT2D eigenvalue weighted by Gasteiger charge is -2.19. The fourth-order valence-electron chi connectivity index (χ4n) is 2.14. The Kier molecular flexibility index (Phi) is 5.71. The molecule has 1 heterocycles. The van der Waals surface area contributed by atoms with Crippen molar-refractivity contribution in [3.05, 3.63) is 56.2 Å². The third kappa shape index (κ3) is 4.22. The first-order valence-electron chi connectivity index (χ1n) is 6.41. The van der Waals surface area contributed by atoms with Crippen LogP contribution in [0.5, 0.6) is 0 Å². The first-order valence-corrected chi connectivity index (χ1v) is 8.05. The maximum Gasteiger partial charge on any atom is 0.0468 e. The third-order valence-corrected chi connectivity index (χ3v) is 4.55. The second-order valence-corrected chi connectivity index (χ2v) is 6.27. The van der Waals surface area contributed by atoms with Gasteiger partial charge in [-0.05, 0) is 48.5 Å². The van der Waals surface area contributed by atoms with Crippen LogP contribution in [-0.2, 0) is 6.42 Å². The molecule has 0 aliphatic rings. The maximum absolute atomic E-state index is 6.30. The van der Waals surface area contributed by atoms with E-state index in [4.69, 9.17) is 23.2 Å². The third-order valence-electron chi connectivity index (χ3n) is 3.05. The minimum absolute atomic E-state index is 0.275. The minimum Gasteiger partial charge on any atom is -0.310 e. The Morgan fingerprint density at radius 1 is 1.26 bits per heavy atom. The van der Waals surface area contributed by atoms with Crippen LogP contribution in [0.4, 0.5) is 0 Å². The van der Waals surface area contributed by atoms with Crippen molar-refractivity contribution >= 4 is 34.5 Å². The van der Waals surface area contributed by atoms with E-state index in [0.29, 0.717) is 5.02 Å². The monoisotopic (exact) mass is 313 g/mol. The van der Waals surface area contributed by atoms with Gasteiger partial charge >= 0.3 is 0 Å². The van der Waals surface area contributed by atoms with Crippen LogP contribution < -0.4 is 5.32 Å². The lowest BCUT2D eigenvalue weighted by Crippen LogP contribution is -2.21. The molecule has 2 aromatic rings. The number of benzene rings is 1. The molecule has 0 saturated carbocycles. The molecular formula is C15H17Cl2NS. The van der Waals surface area contributed by atoms with E-state index in [1.54, 1.807) is 11.3 Å². The van der Waals surface area contributed by atoms with Crippen molar-refractivity contribution in [2.45, 2.75) is 25.8 Å². The Balaban J connectivity index is 2.10. The highest BCUT2D eigenvalue weighted by atomic mass is 35.5. The molecule has 19 heavy (non-hydrogen) atoms. The van der Waals surface area contributed by atoms with Gasteiger partial charge in [-0.25, -0.2) is 0 Å². The van der Waals surface area contributed by atoms with E-state index in [2.05, 4.69) is 29.8 Å². The summed E-state index contributed by atoms with van der Waals surface area (Å²) in [5, 5.41) is 7.04. The number of hydrogen-bond acceptors (Lipinski definition) is 2. The zero-order chi connectivity index (χ0) is 13.7. The molecule has 0 saturated heterocycles. The molecule has 1 aromatic carbocycles. The normalized spacial score (nSPS) is 12.6. The maximum atomic E-state index is 6.30. The molecule has 0 spiro atoms. The molecule has 0 fully saturated rings. The van der Waals surface area contributed by atoms with Gasteiger partial charge in [0.25, 0.3) is 0 Å². The van der Waals surface area contributed by atoms with Gasteiger partial charge < -0.3 is 5.32 Å². The van der Waals surface area contributed by atoms with Crippen molar-refractivity contribution < 1.29 is 0 Å². The van der Waals surface area contributed by atoms with Crippen LogP contribution in [0, 0.1) is 0 Å². The van der Waals surface area contributed by atoms with Crippen LogP contribution in [-0.4, -0.2) is 6.54 Å². The standard InChI is InChI=1S/C15H17Cl2NS/c1-2-18-15(8-6-12-4-3-9-19-12)13-7-5-11(16)10-14(13)17/h3-5,7,9-10,15,18H,2,6,8H2,1H3. The molecule has 1 unspecified atom stereocenters. The molecule has 0 aliphatic heterocycles. The summed E-state index contributed by atoms with van der Waals surface area (Å²) in [7, 11) is 0. The van der Waals surface area contributed by atoms with Crippen LogP contribution in [0.3, 0.4) is 0 Å². The predicted octanol–water partition coefficient (Wildman–Crippen LogP) is 5.34. The summed E-state index contributed by atoms with van der Waals surface area (Å²) in [6.45, 7) is 3.04. The Morgan fingerprint density at radius 3 is 2.74 bits per heavy atom. The fraction of sp³-hybridized carbons (Fsp3) is 0.333. The fourth-order valence-corrected chi connectivity index (χ4v) is 3.40. The van der Waals surface area contributed by atoms with Gasteiger partial charge in [-0.15, -0.1) is 11.3 Å². The van der Waals surface area contributed by atoms with Gasteiger partial charge in [-0.1, -0.05) is 42.3 Å². The summed E-state index contributed by atoms with van der Waals surface area (Å²) >= 11 is 14.1. The zero-order valence-electron chi connectivity index (χ0n) is 10.8. The average Bonchev–Trinajstić information content (AvgIpc) is 2.88. The minimum atomic E-state index is 0.275. The molecule has 0 amide bonds. The zero-order valence-corrected chi connectivity index (χ0v) is 13.2. The molecule has 0 aliphatic carbocycles. The van der Waals surface area contributed by atoms with E-state index in [1.165, 1.54) is 4.88 Å². The molecule has 4 heteroatoms. The Morgan fingerprint density at radius 2 is 2.11 bits per heavy atom. The van der Waals surface area contributed by atoms with Gasteiger partial charge in [0.1, 0.15) is 0 Å². The van der Waals surface area contributed by atoms with Gasteiger partial charge in [-0.2, -0.15) is 0 Å². The van der Waals surface area contributed by atoms with Gasteiger partial charge in [-0.3, -0.25) is 0 Å². The molecule has 1 nitrogen and oxygen atoms in total. The Labute approximate surface area is 128 Å². The van der Waals surface area contributed by atoms with Crippen LogP contribution >= 0.6 is 34.5 Å². The van der Waals surface area contributed by atoms with Gasteiger partial charge in [0, 0.05) is 21.0 Å². The summed E-state index contributed by atoms with van der Waals surface area (Å²) in [6.07, 6.45) is 2.10. The summed E-state index contributed by atoms with van der Waals surface area (Å²) < 4.78 is 0. The number of thiophene rings is 1. The van der Waals surface area contributed by atoms with Crippen molar-refractivity contribution in [1.82, 2.24) is 5.32 Å². The molecular weight excluding hydrogens is 297 g/mol. The van der Waals surface area contributed by atoms with Gasteiger partial charge in [0.15, 0.2) is 0 Å². The van der Waals surface area contributed by atoms with E-state index in [-0.39, 0.29) is 6.04 Å². The Bertz CT molecular complexity index is 511. The van der Waals surface area contributed by atoms with Gasteiger partial charge in [0.2, 0.25) is 0 Å². The van der Waals surface area contributed by atoms with Crippen molar-refractivity contribution in [2.75, 3.05) is 6.54 Å². The van der Waals surface area contributed by atoms with Crippen molar-refractivity contribution in [3.8, 4) is 0 Å². The number of aryl methyl sites for hydroxylation is 1. The predicted molar refractivity (Wildman–Crippen MR) is 85.5 cm³/mol. The number of nitrogens with one attached hydrogen (secondary N) is 1. The molecule has 1 N–H and O–H groups in total. The van der Waals surface area contributed by atoms with Crippen LogP contribution in [0.1, 0.15) is 29.8 Å². The number of rotatable bonds is 6. The highest BCUT2D eigenvalue weighted by Gasteiger charge is 2.14. The van der Waals surface area contributed by atoms with E-state index >= 15 is 0 Å². The SMILES string of the molecule is CCNC(CCc1cccs1)c1ccc(Cl)cc1Cl. The molecule has 102 valence electrons. The largest absolute Gasteiger partial charge is 0.310 e. The quantitative estimate of drug-likeness (QED) is 0.759. The van der Waals surface area contributed by atoms with Crippen molar-refractivity contribution in [1.29, 1.82) is 0 Å².